The van der Waals surface area contributed by atoms with Gasteiger partial charge in [0.15, 0.2) is 11.0 Å². The number of amides is 1. The SMILES string of the molecule is Cc1ccccc1-n1c(SCC(=O)Nc2c(Cl)cccc2Cl)nnc1-c1ccc(Cl)cc1Cl. The van der Waals surface area contributed by atoms with Crippen LogP contribution in [0.4, 0.5) is 5.69 Å². The van der Waals surface area contributed by atoms with E-state index in [4.69, 9.17) is 46.4 Å². The molecule has 0 bridgehead atoms. The molecule has 0 saturated carbocycles. The predicted molar refractivity (Wildman–Crippen MR) is 137 cm³/mol. The van der Waals surface area contributed by atoms with Gasteiger partial charge >= 0.3 is 0 Å². The third kappa shape index (κ3) is 5.31. The third-order valence-corrected chi connectivity index (χ3v) is 6.83. The number of hydrogen-bond acceptors (Lipinski definition) is 4. The zero-order valence-corrected chi connectivity index (χ0v) is 21.0. The standard InChI is InChI=1S/C23H16Cl4N4OS/c1-13-5-2-3-8-19(13)31-22(15-10-9-14(24)11-18(15)27)29-30-23(31)33-12-20(32)28-21-16(25)6-4-7-17(21)26/h2-11H,12H2,1H3,(H,28,32). The normalized spacial score (nSPS) is 10.9. The van der Waals surface area contributed by atoms with Gasteiger partial charge in [0.2, 0.25) is 5.91 Å². The van der Waals surface area contributed by atoms with E-state index >= 15 is 0 Å². The Morgan fingerprint density at radius 1 is 0.939 bits per heavy atom. The van der Waals surface area contributed by atoms with Crippen LogP contribution in [0.2, 0.25) is 20.1 Å². The van der Waals surface area contributed by atoms with Gasteiger partial charge < -0.3 is 5.32 Å². The summed E-state index contributed by atoms with van der Waals surface area (Å²) in [6.07, 6.45) is 0. The highest BCUT2D eigenvalue weighted by Gasteiger charge is 2.20. The highest BCUT2D eigenvalue weighted by atomic mass is 35.5. The van der Waals surface area contributed by atoms with Crippen molar-refractivity contribution in [3.8, 4) is 17.1 Å². The van der Waals surface area contributed by atoms with E-state index in [0.29, 0.717) is 42.3 Å². The number of rotatable bonds is 6. The molecule has 1 amide bonds. The van der Waals surface area contributed by atoms with Gasteiger partial charge in [0.05, 0.1) is 32.2 Å². The van der Waals surface area contributed by atoms with Crippen LogP contribution in [-0.4, -0.2) is 26.4 Å². The van der Waals surface area contributed by atoms with Gasteiger partial charge in [-0.3, -0.25) is 9.36 Å². The summed E-state index contributed by atoms with van der Waals surface area (Å²) in [6.45, 7) is 1.99. The molecule has 0 aliphatic rings. The minimum absolute atomic E-state index is 0.0694. The first-order valence-electron chi connectivity index (χ1n) is 9.68. The molecule has 1 N–H and O–H groups in total. The van der Waals surface area contributed by atoms with Crippen molar-refractivity contribution in [3.63, 3.8) is 0 Å². The number of aromatic nitrogens is 3. The number of carbonyl (C=O) groups excluding carboxylic acids is 1. The van der Waals surface area contributed by atoms with Crippen molar-refractivity contribution in [1.82, 2.24) is 14.8 Å². The highest BCUT2D eigenvalue weighted by molar-refractivity contribution is 7.99. The lowest BCUT2D eigenvalue weighted by Gasteiger charge is -2.14. The van der Waals surface area contributed by atoms with Crippen molar-refractivity contribution in [3.05, 3.63) is 86.3 Å². The van der Waals surface area contributed by atoms with Gasteiger partial charge in [0, 0.05) is 10.6 Å². The van der Waals surface area contributed by atoms with Crippen molar-refractivity contribution in [2.24, 2.45) is 0 Å². The van der Waals surface area contributed by atoms with E-state index in [2.05, 4.69) is 15.5 Å². The van der Waals surface area contributed by atoms with Gasteiger partial charge in [-0.1, -0.05) is 82.4 Å². The highest BCUT2D eigenvalue weighted by Crippen LogP contribution is 2.35. The number of benzene rings is 3. The van der Waals surface area contributed by atoms with Gasteiger partial charge in [-0.05, 0) is 48.9 Å². The number of carbonyl (C=O) groups is 1. The molecule has 0 atom stereocenters. The van der Waals surface area contributed by atoms with Crippen LogP contribution in [0.3, 0.4) is 0 Å². The fraction of sp³-hybridized carbons (Fsp3) is 0.0870. The molecule has 1 heterocycles. The van der Waals surface area contributed by atoms with Gasteiger partial charge in [0.25, 0.3) is 0 Å². The molecule has 0 spiro atoms. The van der Waals surface area contributed by atoms with Gasteiger partial charge in [0.1, 0.15) is 0 Å². The fourth-order valence-electron chi connectivity index (χ4n) is 3.16. The Bertz CT molecular complexity index is 1320. The van der Waals surface area contributed by atoms with Crippen LogP contribution in [0.25, 0.3) is 17.1 Å². The Hall–Kier alpha value is -2.22. The van der Waals surface area contributed by atoms with Crippen LogP contribution in [0.5, 0.6) is 0 Å². The molecule has 0 saturated heterocycles. The number of halogens is 4. The van der Waals surface area contributed by atoms with Crippen LogP contribution in [-0.2, 0) is 4.79 Å². The molecule has 3 aromatic carbocycles. The number of anilines is 1. The maximum absolute atomic E-state index is 12.6. The number of para-hydroxylation sites is 2. The summed E-state index contributed by atoms with van der Waals surface area (Å²) < 4.78 is 1.88. The monoisotopic (exact) mass is 536 g/mol. The van der Waals surface area contributed by atoms with Crippen LogP contribution in [0.15, 0.2) is 65.8 Å². The molecular weight excluding hydrogens is 522 g/mol. The minimum atomic E-state index is -0.277. The van der Waals surface area contributed by atoms with Crippen molar-refractivity contribution in [2.45, 2.75) is 12.1 Å². The number of aryl methyl sites for hydroxylation is 1. The van der Waals surface area contributed by atoms with Crippen LogP contribution in [0.1, 0.15) is 5.56 Å². The molecule has 4 rings (SSSR count). The topological polar surface area (TPSA) is 59.8 Å². The van der Waals surface area contributed by atoms with Crippen molar-refractivity contribution in [1.29, 1.82) is 0 Å². The smallest absolute Gasteiger partial charge is 0.234 e. The lowest BCUT2D eigenvalue weighted by atomic mass is 10.1. The first-order valence-corrected chi connectivity index (χ1v) is 12.2. The molecule has 0 fully saturated rings. The van der Waals surface area contributed by atoms with Gasteiger partial charge in [-0.25, -0.2) is 0 Å². The van der Waals surface area contributed by atoms with Gasteiger partial charge in [-0.15, -0.1) is 10.2 Å². The van der Waals surface area contributed by atoms with Gasteiger partial charge in [-0.2, -0.15) is 0 Å². The molecule has 0 unspecified atom stereocenters. The molecule has 10 heteroatoms. The number of nitrogens with one attached hydrogen (secondary N) is 1. The Balaban J connectivity index is 1.67. The second-order valence-corrected chi connectivity index (χ2v) is 9.59. The van der Waals surface area contributed by atoms with E-state index in [1.807, 2.05) is 35.8 Å². The zero-order valence-electron chi connectivity index (χ0n) is 17.2. The van der Waals surface area contributed by atoms with E-state index in [1.165, 1.54) is 11.8 Å². The average Bonchev–Trinajstić information content (AvgIpc) is 3.18. The first kappa shape index (κ1) is 23.9. The number of hydrogen-bond donors (Lipinski definition) is 1. The van der Waals surface area contributed by atoms with E-state index in [1.54, 1.807) is 36.4 Å². The molecule has 0 aliphatic heterocycles. The summed E-state index contributed by atoms with van der Waals surface area (Å²) in [4.78, 5) is 12.6. The summed E-state index contributed by atoms with van der Waals surface area (Å²) in [5, 5.41) is 13.7. The Labute approximate surface area is 215 Å². The van der Waals surface area contributed by atoms with Crippen LogP contribution in [0, 0.1) is 6.92 Å². The van der Waals surface area contributed by atoms with E-state index in [0.717, 1.165) is 11.3 Å². The zero-order chi connectivity index (χ0) is 23.5. The summed E-state index contributed by atoms with van der Waals surface area (Å²) in [5.41, 5.74) is 2.94. The first-order chi connectivity index (χ1) is 15.8. The van der Waals surface area contributed by atoms with Crippen molar-refractivity contribution < 1.29 is 4.79 Å². The molecule has 168 valence electrons. The van der Waals surface area contributed by atoms with Crippen molar-refractivity contribution >= 4 is 69.8 Å². The minimum Gasteiger partial charge on any atom is -0.323 e. The quantitative estimate of drug-likeness (QED) is 0.257. The molecule has 1 aromatic heterocycles. The second-order valence-electron chi connectivity index (χ2n) is 6.99. The second kappa shape index (κ2) is 10.4. The third-order valence-electron chi connectivity index (χ3n) is 4.72. The Morgan fingerprint density at radius 2 is 1.67 bits per heavy atom. The van der Waals surface area contributed by atoms with E-state index in [-0.39, 0.29) is 11.7 Å². The summed E-state index contributed by atoms with van der Waals surface area (Å²) in [7, 11) is 0. The molecule has 0 radical (unpaired) electrons. The lowest BCUT2D eigenvalue weighted by molar-refractivity contribution is -0.113. The van der Waals surface area contributed by atoms with Crippen molar-refractivity contribution in [2.75, 3.05) is 11.1 Å². The summed E-state index contributed by atoms with van der Waals surface area (Å²) >= 11 is 26.1. The van der Waals surface area contributed by atoms with Crippen LogP contribution >= 0.6 is 58.2 Å². The molecule has 33 heavy (non-hydrogen) atoms. The number of thioether (sulfide) groups is 1. The van der Waals surface area contributed by atoms with E-state index in [9.17, 15) is 4.79 Å². The summed E-state index contributed by atoms with van der Waals surface area (Å²) in [6, 6.07) is 18.0. The molecule has 5 nitrogen and oxygen atoms in total. The molecule has 0 aliphatic carbocycles. The lowest BCUT2D eigenvalue weighted by Crippen LogP contribution is -2.15. The molecule has 4 aromatic rings. The average molecular weight is 538 g/mol. The van der Waals surface area contributed by atoms with E-state index < -0.39 is 0 Å². The predicted octanol–water partition coefficient (Wildman–Crippen LogP) is 7.59. The summed E-state index contributed by atoms with van der Waals surface area (Å²) in [5.74, 6) is 0.336. The Kier molecular flexibility index (Phi) is 7.51. The largest absolute Gasteiger partial charge is 0.323 e. The Morgan fingerprint density at radius 3 is 2.36 bits per heavy atom. The number of nitrogens with zero attached hydrogens (tertiary/aromatic N) is 3. The maximum atomic E-state index is 12.6. The maximum Gasteiger partial charge on any atom is 0.234 e. The van der Waals surface area contributed by atoms with Crippen LogP contribution < -0.4 is 5.32 Å². The fourth-order valence-corrected chi connectivity index (χ4v) is 4.89. The molecular formula is C23H16Cl4N4OS.